The fourth-order valence-electron chi connectivity index (χ4n) is 4.00. The molecule has 37 heavy (non-hydrogen) atoms. The molecule has 0 bridgehead atoms. The molecule has 3 aromatic carbocycles. The minimum Gasteiger partial charge on any atom is -0.497 e. The van der Waals surface area contributed by atoms with Crippen molar-refractivity contribution in [2.75, 3.05) is 36.4 Å². The van der Waals surface area contributed by atoms with Crippen molar-refractivity contribution in [1.82, 2.24) is 5.32 Å². The Morgan fingerprint density at radius 2 is 1.70 bits per heavy atom. The quantitative estimate of drug-likeness (QED) is 0.421. The minimum absolute atomic E-state index is 0.0213. The van der Waals surface area contributed by atoms with E-state index < -0.39 is 22.5 Å². The normalized spacial score (nSPS) is 15.1. The van der Waals surface area contributed by atoms with Crippen LogP contribution in [-0.2, 0) is 19.6 Å². The summed E-state index contributed by atoms with van der Waals surface area (Å²) in [5.41, 5.74) is 0.849. The van der Waals surface area contributed by atoms with Crippen LogP contribution in [0, 0.1) is 0 Å². The van der Waals surface area contributed by atoms with Crippen molar-refractivity contribution in [3.8, 4) is 5.75 Å². The predicted molar refractivity (Wildman–Crippen MR) is 140 cm³/mol. The Labute approximate surface area is 216 Å². The van der Waals surface area contributed by atoms with E-state index in [1.165, 1.54) is 19.2 Å². The zero-order chi connectivity index (χ0) is 26.3. The Hall–Kier alpha value is -3.89. The van der Waals surface area contributed by atoms with E-state index >= 15 is 0 Å². The number of methoxy groups -OCH3 is 1. The van der Waals surface area contributed by atoms with Gasteiger partial charge in [0.05, 0.1) is 35.0 Å². The number of carbonyl (C=O) groups is 2. The number of amides is 2. The van der Waals surface area contributed by atoms with Crippen molar-refractivity contribution in [3.63, 3.8) is 0 Å². The van der Waals surface area contributed by atoms with E-state index in [1.54, 1.807) is 66.7 Å². The third-order valence-electron chi connectivity index (χ3n) is 5.94. The van der Waals surface area contributed by atoms with Gasteiger partial charge in [-0.3, -0.25) is 13.9 Å². The highest BCUT2D eigenvalue weighted by atomic mass is 32.2. The maximum Gasteiger partial charge on any atom is 0.264 e. The lowest BCUT2D eigenvalue weighted by Gasteiger charge is -2.24. The number of ether oxygens (including phenoxy) is 2. The highest BCUT2D eigenvalue weighted by molar-refractivity contribution is 7.92. The van der Waals surface area contributed by atoms with Crippen LogP contribution in [0.4, 0.5) is 11.4 Å². The first kappa shape index (κ1) is 26.2. The molecule has 0 unspecified atom stereocenters. The monoisotopic (exact) mass is 523 g/mol. The highest BCUT2D eigenvalue weighted by Crippen LogP contribution is 2.26. The van der Waals surface area contributed by atoms with E-state index in [2.05, 4.69) is 10.6 Å². The molecule has 0 saturated carbocycles. The van der Waals surface area contributed by atoms with Gasteiger partial charge in [0.2, 0.25) is 5.91 Å². The van der Waals surface area contributed by atoms with E-state index in [1.807, 2.05) is 0 Å². The molecule has 4 rings (SSSR count). The number of carbonyl (C=O) groups excluding carboxylic acids is 2. The fraction of sp³-hybridized carbons (Fsp3) is 0.259. The fourth-order valence-corrected chi connectivity index (χ4v) is 5.44. The first-order valence-electron chi connectivity index (χ1n) is 11.9. The third kappa shape index (κ3) is 6.46. The van der Waals surface area contributed by atoms with Gasteiger partial charge in [0.25, 0.3) is 15.9 Å². The molecule has 2 N–H and O–H groups in total. The second-order valence-electron chi connectivity index (χ2n) is 8.46. The van der Waals surface area contributed by atoms with Crippen molar-refractivity contribution in [2.45, 2.75) is 23.8 Å². The topological polar surface area (TPSA) is 114 Å². The van der Waals surface area contributed by atoms with Crippen LogP contribution in [0.5, 0.6) is 5.75 Å². The lowest BCUT2D eigenvalue weighted by atomic mass is 10.1. The number of nitrogens with one attached hydrogen (secondary N) is 2. The molecule has 194 valence electrons. The molecule has 3 aromatic rings. The number of nitrogens with zero attached hydrogens (tertiary/aromatic N) is 1. The second kappa shape index (κ2) is 11.9. The van der Waals surface area contributed by atoms with Gasteiger partial charge in [0, 0.05) is 13.2 Å². The summed E-state index contributed by atoms with van der Waals surface area (Å²) in [6.45, 7) is 0.556. The minimum atomic E-state index is -4.07. The van der Waals surface area contributed by atoms with E-state index in [-0.39, 0.29) is 28.2 Å². The maximum absolute atomic E-state index is 13.5. The summed E-state index contributed by atoms with van der Waals surface area (Å²) in [4.78, 5) is 26.0. The summed E-state index contributed by atoms with van der Waals surface area (Å²) in [6.07, 6.45) is 1.83. The average molecular weight is 524 g/mol. The molecule has 0 radical (unpaired) electrons. The van der Waals surface area contributed by atoms with E-state index in [9.17, 15) is 18.0 Å². The van der Waals surface area contributed by atoms with Crippen LogP contribution in [0.2, 0.25) is 0 Å². The van der Waals surface area contributed by atoms with Gasteiger partial charge < -0.3 is 20.1 Å². The summed E-state index contributed by atoms with van der Waals surface area (Å²) in [7, 11) is -2.56. The van der Waals surface area contributed by atoms with E-state index in [0.717, 1.165) is 17.1 Å². The number of para-hydroxylation sites is 1. The first-order chi connectivity index (χ1) is 17.9. The number of hydrogen-bond donors (Lipinski definition) is 2. The molecule has 1 aliphatic heterocycles. The summed E-state index contributed by atoms with van der Waals surface area (Å²) >= 11 is 0. The SMILES string of the molecule is COc1ccc(N(CC(=O)Nc2ccccc2C(=O)NC[C@H]2CCCO2)S(=O)(=O)c2ccccc2)cc1. The van der Waals surface area contributed by atoms with Crippen LogP contribution < -0.4 is 19.7 Å². The molecule has 1 fully saturated rings. The van der Waals surface area contributed by atoms with Gasteiger partial charge in [-0.25, -0.2) is 8.42 Å². The van der Waals surface area contributed by atoms with Crippen molar-refractivity contribution in [3.05, 3.63) is 84.4 Å². The molecule has 1 atom stereocenters. The number of hydrogen-bond acceptors (Lipinski definition) is 6. The molecular formula is C27H29N3O6S. The summed E-state index contributed by atoms with van der Waals surface area (Å²) in [6, 6.07) is 20.8. The van der Waals surface area contributed by atoms with Gasteiger partial charge in [0.1, 0.15) is 12.3 Å². The van der Waals surface area contributed by atoms with Gasteiger partial charge >= 0.3 is 0 Å². The smallest absolute Gasteiger partial charge is 0.264 e. The molecule has 1 aliphatic rings. The Kier molecular flexibility index (Phi) is 8.42. The van der Waals surface area contributed by atoms with Crippen LogP contribution in [0.15, 0.2) is 83.8 Å². The maximum atomic E-state index is 13.5. The Balaban J connectivity index is 1.54. The molecule has 1 saturated heterocycles. The van der Waals surface area contributed by atoms with Crippen molar-refractivity contribution < 1.29 is 27.5 Å². The zero-order valence-electron chi connectivity index (χ0n) is 20.4. The Bertz CT molecular complexity index is 1320. The van der Waals surface area contributed by atoms with Gasteiger partial charge in [-0.1, -0.05) is 30.3 Å². The average Bonchev–Trinajstić information content (AvgIpc) is 3.45. The van der Waals surface area contributed by atoms with Crippen LogP contribution in [0.3, 0.4) is 0 Å². The van der Waals surface area contributed by atoms with Crippen molar-refractivity contribution >= 4 is 33.2 Å². The van der Waals surface area contributed by atoms with Gasteiger partial charge in [-0.05, 0) is 61.4 Å². The number of sulfonamides is 1. The lowest BCUT2D eigenvalue weighted by Crippen LogP contribution is -2.38. The molecule has 0 aliphatic carbocycles. The molecule has 0 aromatic heterocycles. The van der Waals surface area contributed by atoms with E-state index in [4.69, 9.17) is 9.47 Å². The van der Waals surface area contributed by atoms with Gasteiger partial charge in [-0.2, -0.15) is 0 Å². The third-order valence-corrected chi connectivity index (χ3v) is 7.73. The molecule has 0 spiro atoms. The lowest BCUT2D eigenvalue weighted by molar-refractivity contribution is -0.114. The van der Waals surface area contributed by atoms with Crippen LogP contribution >= 0.6 is 0 Å². The number of benzene rings is 3. The largest absolute Gasteiger partial charge is 0.497 e. The molecule has 10 heteroatoms. The zero-order valence-corrected chi connectivity index (χ0v) is 21.2. The van der Waals surface area contributed by atoms with Gasteiger partial charge in [-0.15, -0.1) is 0 Å². The Morgan fingerprint density at radius 1 is 1.00 bits per heavy atom. The molecule has 2 amide bonds. The standard InChI is InChI=1S/C27H29N3O6S/c1-35-21-15-13-20(14-16-21)30(37(33,34)23-9-3-2-4-10-23)19-26(31)29-25-12-6-5-11-24(25)27(32)28-18-22-8-7-17-36-22/h2-6,9-16,22H,7-8,17-19H2,1H3,(H,28,32)(H,29,31)/t22-/m1/s1. The molecule has 1 heterocycles. The number of anilines is 2. The van der Waals surface area contributed by atoms with Crippen molar-refractivity contribution in [1.29, 1.82) is 0 Å². The van der Waals surface area contributed by atoms with E-state index in [0.29, 0.717) is 24.6 Å². The Morgan fingerprint density at radius 3 is 2.38 bits per heavy atom. The summed E-state index contributed by atoms with van der Waals surface area (Å²) < 4.78 is 38.7. The van der Waals surface area contributed by atoms with Gasteiger partial charge in [0.15, 0.2) is 0 Å². The van der Waals surface area contributed by atoms with Crippen LogP contribution in [0.1, 0.15) is 23.2 Å². The number of rotatable bonds is 10. The first-order valence-corrected chi connectivity index (χ1v) is 13.3. The highest BCUT2D eigenvalue weighted by Gasteiger charge is 2.28. The second-order valence-corrected chi connectivity index (χ2v) is 10.3. The van der Waals surface area contributed by atoms with Crippen molar-refractivity contribution in [2.24, 2.45) is 0 Å². The van der Waals surface area contributed by atoms with Crippen LogP contribution in [-0.4, -0.2) is 53.1 Å². The predicted octanol–water partition coefficient (Wildman–Crippen LogP) is 3.44. The summed E-state index contributed by atoms with van der Waals surface area (Å²) in [5.74, 6) is -0.404. The summed E-state index contributed by atoms with van der Waals surface area (Å²) in [5, 5.41) is 5.55. The molecule has 9 nitrogen and oxygen atoms in total. The van der Waals surface area contributed by atoms with Crippen LogP contribution in [0.25, 0.3) is 0 Å². The molecular weight excluding hydrogens is 494 g/mol.